The Bertz CT molecular complexity index is 930. The Labute approximate surface area is 291 Å². The van der Waals surface area contributed by atoms with Gasteiger partial charge < -0.3 is 31.4 Å². The van der Waals surface area contributed by atoms with E-state index in [0.29, 0.717) is 25.8 Å². The molecule has 47 heavy (non-hydrogen) atoms. The molecular formula is C36H67N5O5S. The molecule has 5 N–H and O–H groups in total. The van der Waals surface area contributed by atoms with Crippen LogP contribution in [0.1, 0.15) is 120 Å². The number of nitrogens with two attached hydrogens (primary N) is 1. The number of thioether (sulfide) groups is 1. The summed E-state index contributed by atoms with van der Waals surface area (Å²) in [6, 6.07) is -2.06. The summed E-state index contributed by atoms with van der Waals surface area (Å²) in [6.07, 6.45) is 15.4. The van der Waals surface area contributed by atoms with Crippen LogP contribution >= 0.6 is 11.8 Å². The van der Waals surface area contributed by atoms with Gasteiger partial charge in [0.05, 0.1) is 12.1 Å². The van der Waals surface area contributed by atoms with Crippen molar-refractivity contribution in [2.45, 2.75) is 144 Å². The molecule has 0 spiro atoms. The monoisotopic (exact) mass is 681 g/mol. The van der Waals surface area contributed by atoms with Crippen LogP contribution in [-0.4, -0.2) is 83.6 Å². The Morgan fingerprint density at radius 2 is 1.64 bits per heavy atom. The average Bonchev–Trinajstić information content (AvgIpc) is 3.52. The van der Waals surface area contributed by atoms with Gasteiger partial charge in [0.1, 0.15) is 12.3 Å². The van der Waals surface area contributed by atoms with Crippen LogP contribution in [-0.2, 0) is 19.2 Å². The maximum atomic E-state index is 13.0. The molecule has 0 aromatic carbocycles. The Morgan fingerprint density at radius 3 is 2.09 bits per heavy atom. The van der Waals surface area contributed by atoms with E-state index in [4.69, 9.17) is 12.2 Å². The number of urea groups is 1. The quantitative estimate of drug-likeness (QED) is 0.0713. The fraction of sp³-hybridized carbons (Fsp3) is 0.750. The second-order valence-corrected chi connectivity index (χ2v) is 13.7. The van der Waals surface area contributed by atoms with Crippen LogP contribution in [0.2, 0.25) is 0 Å². The first-order chi connectivity index (χ1) is 22.2. The molecule has 1 fully saturated rings. The van der Waals surface area contributed by atoms with Crippen LogP contribution in [0.25, 0.3) is 0 Å². The lowest BCUT2D eigenvalue weighted by Crippen LogP contribution is -2.58. The smallest absolute Gasteiger partial charge is 0.315 e. The molecule has 272 valence electrons. The number of unbranched alkanes of at least 4 members (excludes halogenated alkanes) is 1. The summed E-state index contributed by atoms with van der Waals surface area (Å²) in [5.41, 5.74) is 5.00. The highest BCUT2D eigenvalue weighted by atomic mass is 32.2. The number of amides is 4. The molecule has 0 saturated carbocycles. The van der Waals surface area contributed by atoms with Gasteiger partial charge in [-0.25, -0.2) is 4.79 Å². The summed E-state index contributed by atoms with van der Waals surface area (Å²) in [7, 11) is 0. The van der Waals surface area contributed by atoms with E-state index in [0.717, 1.165) is 37.1 Å². The summed E-state index contributed by atoms with van der Waals surface area (Å²) in [6.45, 7) is 22.8. The van der Waals surface area contributed by atoms with E-state index < -0.39 is 29.2 Å². The molecule has 0 radical (unpaired) electrons. The number of nitrogens with one attached hydrogen (secondary N) is 3. The molecule has 11 heteroatoms. The van der Waals surface area contributed by atoms with E-state index in [9.17, 15) is 24.0 Å². The van der Waals surface area contributed by atoms with Gasteiger partial charge in [-0.1, -0.05) is 94.1 Å². The Kier molecular flexibility index (Phi) is 31.5. The summed E-state index contributed by atoms with van der Waals surface area (Å²) >= 11 is 1.80. The van der Waals surface area contributed by atoms with Gasteiger partial charge in [0, 0.05) is 31.3 Å². The normalized spacial score (nSPS) is 15.3. The van der Waals surface area contributed by atoms with E-state index in [1.165, 1.54) is 25.3 Å². The van der Waals surface area contributed by atoms with Crippen molar-refractivity contribution in [1.82, 2.24) is 20.9 Å². The Hall–Kier alpha value is -2.84. The van der Waals surface area contributed by atoms with Gasteiger partial charge >= 0.3 is 6.03 Å². The van der Waals surface area contributed by atoms with Crippen molar-refractivity contribution in [3.8, 4) is 12.3 Å². The highest BCUT2D eigenvalue weighted by molar-refractivity contribution is 7.99. The van der Waals surface area contributed by atoms with Crippen molar-refractivity contribution in [3.63, 3.8) is 0 Å². The zero-order valence-electron chi connectivity index (χ0n) is 30.9. The van der Waals surface area contributed by atoms with Crippen molar-refractivity contribution >= 4 is 41.7 Å². The second kappa shape index (κ2) is 30.5. The molecule has 1 aliphatic rings. The Balaban J connectivity index is -0.000000769. The van der Waals surface area contributed by atoms with Gasteiger partial charge in [-0.3, -0.25) is 14.4 Å². The number of carbonyl (C=O) groups excluding carboxylic acids is 5. The SMILES string of the molecule is C#CCCC(N)C(=O)C(=O)NCC=C.CCC.CCCC.CCCC(CSCC)NC(=O)NC(C(=O)N1CCC[C@H]1C=O)C(C)(C)C. The number of carbonyl (C=O) groups is 5. The van der Waals surface area contributed by atoms with Gasteiger partial charge in [-0.05, 0) is 36.9 Å². The van der Waals surface area contributed by atoms with Crippen molar-refractivity contribution in [3.05, 3.63) is 12.7 Å². The summed E-state index contributed by atoms with van der Waals surface area (Å²) in [5, 5.41) is 8.24. The van der Waals surface area contributed by atoms with Crippen LogP contribution < -0.4 is 21.7 Å². The van der Waals surface area contributed by atoms with Gasteiger partial charge in [0.25, 0.3) is 5.91 Å². The highest BCUT2D eigenvalue weighted by Crippen LogP contribution is 2.25. The largest absolute Gasteiger partial charge is 0.346 e. The molecule has 0 aromatic rings. The van der Waals surface area contributed by atoms with Crippen LogP contribution in [0, 0.1) is 17.8 Å². The third-order valence-corrected chi connectivity index (χ3v) is 7.74. The van der Waals surface area contributed by atoms with E-state index in [1.54, 1.807) is 16.7 Å². The molecule has 0 aliphatic carbocycles. The lowest BCUT2D eigenvalue weighted by Gasteiger charge is -2.35. The average molecular weight is 682 g/mol. The molecule has 1 rings (SSSR count). The summed E-state index contributed by atoms with van der Waals surface area (Å²) in [4.78, 5) is 60.7. The van der Waals surface area contributed by atoms with Crippen LogP contribution in [0.5, 0.6) is 0 Å². The van der Waals surface area contributed by atoms with Crippen LogP contribution in [0.3, 0.4) is 0 Å². The predicted octanol–water partition coefficient (Wildman–Crippen LogP) is 5.63. The predicted molar refractivity (Wildman–Crippen MR) is 198 cm³/mol. The van der Waals surface area contributed by atoms with Crippen molar-refractivity contribution in [1.29, 1.82) is 0 Å². The molecule has 10 nitrogen and oxygen atoms in total. The fourth-order valence-electron chi connectivity index (χ4n) is 3.98. The number of rotatable bonds is 16. The third kappa shape index (κ3) is 24.0. The van der Waals surface area contributed by atoms with Crippen molar-refractivity contribution in [2.75, 3.05) is 24.6 Å². The first kappa shape index (κ1) is 48.6. The number of hydrogen-bond acceptors (Lipinski definition) is 7. The van der Waals surface area contributed by atoms with Gasteiger partial charge in [-0.15, -0.1) is 18.9 Å². The first-order valence-electron chi connectivity index (χ1n) is 17.2. The minimum absolute atomic E-state index is 0.0928. The number of aldehydes is 1. The number of nitrogens with zero attached hydrogens (tertiary/aromatic N) is 1. The maximum absolute atomic E-state index is 13.0. The Morgan fingerprint density at radius 1 is 1.04 bits per heavy atom. The van der Waals surface area contributed by atoms with Gasteiger partial charge in [0.15, 0.2) is 0 Å². The van der Waals surface area contributed by atoms with Crippen molar-refractivity contribution in [2.24, 2.45) is 11.1 Å². The molecule has 0 aromatic heterocycles. The minimum Gasteiger partial charge on any atom is -0.346 e. The zero-order valence-corrected chi connectivity index (χ0v) is 31.7. The number of terminal acetylenes is 1. The zero-order chi connectivity index (χ0) is 36.8. The molecule has 0 bridgehead atoms. The minimum atomic E-state index is -0.809. The van der Waals surface area contributed by atoms with Crippen LogP contribution in [0.4, 0.5) is 4.79 Å². The lowest BCUT2D eigenvalue weighted by molar-refractivity contribution is -0.138. The third-order valence-electron chi connectivity index (χ3n) is 6.69. The summed E-state index contributed by atoms with van der Waals surface area (Å²) < 4.78 is 0. The molecule has 1 saturated heterocycles. The van der Waals surface area contributed by atoms with E-state index in [-0.39, 0.29) is 30.6 Å². The molecule has 1 heterocycles. The second-order valence-electron chi connectivity index (χ2n) is 12.4. The van der Waals surface area contributed by atoms with Crippen molar-refractivity contribution < 1.29 is 24.0 Å². The summed E-state index contributed by atoms with van der Waals surface area (Å²) in [5.74, 6) is 2.74. The maximum Gasteiger partial charge on any atom is 0.315 e. The number of ketones is 1. The molecule has 4 atom stereocenters. The fourth-order valence-corrected chi connectivity index (χ4v) is 4.75. The van der Waals surface area contributed by atoms with Gasteiger partial charge in [0.2, 0.25) is 11.7 Å². The lowest BCUT2D eigenvalue weighted by atomic mass is 9.85. The highest BCUT2D eigenvalue weighted by Gasteiger charge is 2.39. The molecule has 3 unspecified atom stereocenters. The van der Waals surface area contributed by atoms with E-state index in [2.05, 4.69) is 70.0 Å². The topological polar surface area (TPSA) is 151 Å². The standard InChI is InChI=1S/C19H35N3O3S.C10H14N2O2.C4H10.C3H8/c1-6-9-14(13-26-7-2)20-18(25)21-16(19(3,4)5)17(24)22-11-8-10-15(22)12-23;1-3-5-6-8(11)9(13)10(14)12-7-4-2;1-3-4-2;1-3-2/h12,14-16H,6-11,13H2,1-5H3,(H2,20,21,25);1,4,8H,2,5-7,11H2,(H,12,14);3-4H2,1-2H3;3H2,1-2H3/t14?,15-,16?;;;/m0.../s1. The molecule has 1 aliphatic heterocycles. The molecule has 4 amide bonds. The van der Waals surface area contributed by atoms with E-state index >= 15 is 0 Å². The number of hydrogen-bond donors (Lipinski definition) is 4. The van der Waals surface area contributed by atoms with Gasteiger partial charge in [-0.2, -0.15) is 11.8 Å². The number of Topliss-reactive ketones (excluding diaryl/α,β-unsaturated/α-hetero) is 1. The van der Waals surface area contributed by atoms with Crippen LogP contribution in [0.15, 0.2) is 12.7 Å². The first-order valence-corrected chi connectivity index (χ1v) is 18.4. The van der Waals surface area contributed by atoms with E-state index in [1.807, 2.05) is 20.8 Å². The number of likely N-dealkylation sites (tertiary alicyclic amines) is 1. The molecular weight excluding hydrogens is 614 g/mol.